The molecule has 27 heavy (non-hydrogen) atoms. The Bertz CT molecular complexity index is 930. The van der Waals surface area contributed by atoms with Crippen molar-refractivity contribution in [1.82, 2.24) is 4.72 Å². The minimum Gasteiger partial charge on any atom is -0.493 e. The van der Waals surface area contributed by atoms with Gasteiger partial charge in [-0.15, -0.1) is 0 Å². The summed E-state index contributed by atoms with van der Waals surface area (Å²) in [6, 6.07) is 10.2. The van der Waals surface area contributed by atoms with Crippen LogP contribution >= 0.6 is 0 Å². The van der Waals surface area contributed by atoms with Crippen LogP contribution in [0.5, 0.6) is 11.5 Å². The van der Waals surface area contributed by atoms with Gasteiger partial charge in [0.1, 0.15) is 6.61 Å². The summed E-state index contributed by atoms with van der Waals surface area (Å²) in [6.45, 7) is -0.193. The minimum atomic E-state index is -4.53. The molecule has 2 aromatic rings. The van der Waals surface area contributed by atoms with Gasteiger partial charge in [0.2, 0.25) is 10.0 Å². The summed E-state index contributed by atoms with van der Waals surface area (Å²) in [5.74, 6) is 6.25. The van der Waals surface area contributed by atoms with Crippen molar-refractivity contribution in [3.05, 3.63) is 54.1 Å². The first kappa shape index (κ1) is 20.6. The highest BCUT2D eigenvalue weighted by Crippen LogP contribution is 2.29. The van der Waals surface area contributed by atoms with Gasteiger partial charge in [-0.3, -0.25) is 0 Å². The molecule has 0 aliphatic carbocycles. The third-order valence-electron chi connectivity index (χ3n) is 3.34. The molecule has 0 heterocycles. The lowest BCUT2D eigenvalue weighted by atomic mass is 10.2. The fourth-order valence-electron chi connectivity index (χ4n) is 2.00. The number of para-hydroxylation sites is 2. The van der Waals surface area contributed by atoms with Gasteiger partial charge >= 0.3 is 6.18 Å². The molecule has 0 aromatic heterocycles. The van der Waals surface area contributed by atoms with E-state index >= 15 is 0 Å². The first-order valence-electron chi connectivity index (χ1n) is 7.62. The van der Waals surface area contributed by atoms with E-state index in [1.54, 1.807) is 24.3 Å². The standard InChI is InChI=1S/C18H16F3NO4S/c1-25-16-6-2-3-7-17(16)26-13-5-4-12-22-27(23,24)15-10-8-14(9-11-15)18(19,20)21/h2-3,6-11,22H,12-13H2,1H3. The van der Waals surface area contributed by atoms with Gasteiger partial charge in [-0.05, 0) is 36.4 Å². The summed E-state index contributed by atoms with van der Waals surface area (Å²) < 4.78 is 74.3. The van der Waals surface area contributed by atoms with E-state index in [4.69, 9.17) is 9.47 Å². The van der Waals surface area contributed by atoms with Crippen LogP contribution in [0, 0.1) is 11.8 Å². The first-order valence-corrected chi connectivity index (χ1v) is 9.11. The summed E-state index contributed by atoms with van der Waals surface area (Å²) in [5, 5.41) is 0. The normalized spacial score (nSPS) is 11.4. The molecule has 0 unspecified atom stereocenters. The molecule has 144 valence electrons. The molecule has 0 atom stereocenters. The highest BCUT2D eigenvalue weighted by atomic mass is 32.2. The Balaban J connectivity index is 1.88. The van der Waals surface area contributed by atoms with Crippen molar-refractivity contribution in [1.29, 1.82) is 0 Å². The zero-order valence-electron chi connectivity index (χ0n) is 14.2. The molecule has 5 nitrogen and oxygen atoms in total. The second-order valence-electron chi connectivity index (χ2n) is 5.14. The monoisotopic (exact) mass is 399 g/mol. The molecule has 2 rings (SSSR count). The summed E-state index contributed by atoms with van der Waals surface area (Å²) in [4.78, 5) is -0.275. The number of methoxy groups -OCH3 is 1. The van der Waals surface area contributed by atoms with E-state index < -0.39 is 21.8 Å². The van der Waals surface area contributed by atoms with E-state index in [-0.39, 0.29) is 18.0 Å². The molecule has 0 aliphatic heterocycles. The Morgan fingerprint density at radius 1 is 1.00 bits per heavy atom. The highest BCUT2D eigenvalue weighted by molar-refractivity contribution is 7.89. The quantitative estimate of drug-likeness (QED) is 0.759. The maximum absolute atomic E-state index is 12.5. The van der Waals surface area contributed by atoms with Crippen molar-refractivity contribution in [2.75, 3.05) is 20.3 Å². The number of halogens is 3. The van der Waals surface area contributed by atoms with Crippen LogP contribution < -0.4 is 14.2 Å². The molecule has 0 aliphatic rings. The summed E-state index contributed by atoms with van der Waals surface area (Å²) in [7, 11) is -2.45. The van der Waals surface area contributed by atoms with E-state index in [2.05, 4.69) is 16.6 Å². The fraction of sp³-hybridized carbons (Fsp3) is 0.222. The molecule has 9 heteroatoms. The number of rotatable bonds is 6. The van der Waals surface area contributed by atoms with Gasteiger partial charge in [-0.2, -0.15) is 17.9 Å². The second-order valence-corrected chi connectivity index (χ2v) is 6.91. The number of benzene rings is 2. The zero-order valence-corrected chi connectivity index (χ0v) is 15.0. The SMILES string of the molecule is COc1ccccc1OCC#CCNS(=O)(=O)c1ccc(C(F)(F)F)cc1. The van der Waals surface area contributed by atoms with E-state index in [0.717, 1.165) is 12.1 Å². The number of ether oxygens (including phenoxy) is 2. The molecular weight excluding hydrogens is 383 g/mol. The first-order chi connectivity index (χ1) is 12.7. The number of nitrogens with one attached hydrogen (secondary N) is 1. The van der Waals surface area contributed by atoms with Crippen LogP contribution in [0.25, 0.3) is 0 Å². The van der Waals surface area contributed by atoms with Crippen LogP contribution in [-0.2, 0) is 16.2 Å². The maximum atomic E-state index is 12.5. The predicted octanol–water partition coefficient (Wildman–Crippen LogP) is 3.07. The van der Waals surface area contributed by atoms with Crippen LogP contribution in [0.4, 0.5) is 13.2 Å². The van der Waals surface area contributed by atoms with Crippen LogP contribution in [0.3, 0.4) is 0 Å². The summed E-state index contributed by atoms with van der Waals surface area (Å²) in [6.07, 6.45) is -4.53. The second kappa shape index (κ2) is 8.79. The Labute approximate surface area is 155 Å². The van der Waals surface area contributed by atoms with Crippen LogP contribution in [0.15, 0.2) is 53.4 Å². The number of hydrogen-bond acceptors (Lipinski definition) is 4. The van der Waals surface area contributed by atoms with E-state index in [0.29, 0.717) is 23.6 Å². The van der Waals surface area contributed by atoms with Crippen molar-refractivity contribution in [2.24, 2.45) is 0 Å². The molecular formula is C18H16F3NO4S. The summed E-state index contributed by atoms with van der Waals surface area (Å²) in [5.41, 5.74) is -0.922. The van der Waals surface area contributed by atoms with Gasteiger partial charge in [0.25, 0.3) is 0 Å². The molecule has 2 aromatic carbocycles. The van der Waals surface area contributed by atoms with Crippen molar-refractivity contribution in [3.63, 3.8) is 0 Å². The predicted molar refractivity (Wildman–Crippen MR) is 92.9 cm³/mol. The Kier molecular flexibility index (Phi) is 6.71. The van der Waals surface area contributed by atoms with Crippen LogP contribution in [0.1, 0.15) is 5.56 Å². The largest absolute Gasteiger partial charge is 0.493 e. The lowest BCUT2D eigenvalue weighted by Crippen LogP contribution is -2.24. The van der Waals surface area contributed by atoms with Gasteiger partial charge in [0, 0.05) is 0 Å². The van der Waals surface area contributed by atoms with E-state index in [1.807, 2.05) is 0 Å². The van der Waals surface area contributed by atoms with Crippen molar-refractivity contribution in [2.45, 2.75) is 11.1 Å². The smallest absolute Gasteiger partial charge is 0.416 e. The van der Waals surface area contributed by atoms with Crippen molar-refractivity contribution < 1.29 is 31.1 Å². The zero-order chi connectivity index (χ0) is 19.9. The van der Waals surface area contributed by atoms with Gasteiger partial charge in [0.05, 0.1) is 24.1 Å². The topological polar surface area (TPSA) is 64.6 Å². The maximum Gasteiger partial charge on any atom is 0.416 e. The number of sulfonamides is 1. The molecule has 0 fully saturated rings. The van der Waals surface area contributed by atoms with E-state index in [1.165, 1.54) is 7.11 Å². The molecule has 0 saturated carbocycles. The molecule has 0 saturated heterocycles. The lowest BCUT2D eigenvalue weighted by Gasteiger charge is -2.08. The fourth-order valence-corrected chi connectivity index (χ4v) is 2.93. The van der Waals surface area contributed by atoms with E-state index in [9.17, 15) is 21.6 Å². The molecule has 0 spiro atoms. The highest BCUT2D eigenvalue weighted by Gasteiger charge is 2.30. The number of alkyl halides is 3. The van der Waals surface area contributed by atoms with Gasteiger partial charge in [0.15, 0.2) is 11.5 Å². The van der Waals surface area contributed by atoms with Crippen LogP contribution in [0.2, 0.25) is 0 Å². The summed E-state index contributed by atoms with van der Waals surface area (Å²) >= 11 is 0. The molecule has 0 bridgehead atoms. The Morgan fingerprint density at radius 3 is 2.22 bits per heavy atom. The third-order valence-corrected chi connectivity index (χ3v) is 4.75. The molecule has 0 amide bonds. The van der Waals surface area contributed by atoms with Gasteiger partial charge in [-0.1, -0.05) is 24.0 Å². The van der Waals surface area contributed by atoms with Gasteiger partial charge in [-0.25, -0.2) is 8.42 Å². The average Bonchev–Trinajstić information content (AvgIpc) is 2.64. The van der Waals surface area contributed by atoms with Crippen LogP contribution in [-0.4, -0.2) is 28.7 Å². The number of hydrogen-bond donors (Lipinski definition) is 1. The molecule has 1 N–H and O–H groups in total. The van der Waals surface area contributed by atoms with Crippen molar-refractivity contribution >= 4 is 10.0 Å². The Hall–Kier alpha value is -2.70. The molecule has 0 radical (unpaired) electrons. The third kappa shape index (κ3) is 5.91. The lowest BCUT2D eigenvalue weighted by molar-refractivity contribution is -0.137. The average molecular weight is 399 g/mol. The van der Waals surface area contributed by atoms with Gasteiger partial charge < -0.3 is 9.47 Å². The minimum absolute atomic E-state index is 0.0163. The van der Waals surface area contributed by atoms with Crippen molar-refractivity contribution in [3.8, 4) is 23.3 Å². The Morgan fingerprint density at radius 2 is 1.63 bits per heavy atom.